The van der Waals surface area contributed by atoms with Crippen molar-refractivity contribution in [2.24, 2.45) is 0 Å². The van der Waals surface area contributed by atoms with Crippen LogP contribution in [0, 0.1) is 12.7 Å². The van der Waals surface area contributed by atoms with Crippen LogP contribution in [0.4, 0.5) is 4.39 Å². The van der Waals surface area contributed by atoms with Crippen molar-refractivity contribution in [3.05, 3.63) is 65.2 Å². The lowest BCUT2D eigenvalue weighted by Gasteiger charge is -2.14. The zero-order chi connectivity index (χ0) is 13.7. The van der Waals surface area contributed by atoms with E-state index in [0.717, 1.165) is 18.5 Å². The molecule has 3 heteroatoms. The van der Waals surface area contributed by atoms with Gasteiger partial charge in [0.1, 0.15) is 5.82 Å². The SMILES string of the molecule is Cc1ccncc1CNC(C)Cc1ccc(F)cc1. The summed E-state index contributed by atoms with van der Waals surface area (Å²) in [7, 11) is 0. The third-order valence-electron chi connectivity index (χ3n) is 3.24. The molecule has 1 unspecified atom stereocenters. The summed E-state index contributed by atoms with van der Waals surface area (Å²) < 4.78 is 12.8. The largest absolute Gasteiger partial charge is 0.310 e. The van der Waals surface area contributed by atoms with Gasteiger partial charge in [0, 0.05) is 25.0 Å². The van der Waals surface area contributed by atoms with Gasteiger partial charge >= 0.3 is 0 Å². The van der Waals surface area contributed by atoms with Crippen LogP contribution in [0.15, 0.2) is 42.7 Å². The molecule has 0 fully saturated rings. The molecule has 2 aromatic rings. The number of aromatic nitrogens is 1. The van der Waals surface area contributed by atoms with Crippen molar-refractivity contribution in [1.29, 1.82) is 0 Å². The van der Waals surface area contributed by atoms with Gasteiger partial charge in [0.25, 0.3) is 0 Å². The van der Waals surface area contributed by atoms with Crippen molar-refractivity contribution in [2.45, 2.75) is 32.9 Å². The number of pyridine rings is 1. The monoisotopic (exact) mass is 258 g/mol. The maximum atomic E-state index is 12.8. The van der Waals surface area contributed by atoms with Crippen molar-refractivity contribution in [1.82, 2.24) is 10.3 Å². The average molecular weight is 258 g/mol. The highest BCUT2D eigenvalue weighted by molar-refractivity contribution is 5.21. The third-order valence-corrected chi connectivity index (χ3v) is 3.24. The average Bonchev–Trinajstić information content (AvgIpc) is 2.40. The normalized spacial score (nSPS) is 12.4. The Morgan fingerprint density at radius 1 is 1.21 bits per heavy atom. The fourth-order valence-electron chi connectivity index (χ4n) is 2.01. The van der Waals surface area contributed by atoms with Gasteiger partial charge in [0.15, 0.2) is 0 Å². The lowest BCUT2D eigenvalue weighted by Crippen LogP contribution is -2.27. The number of aryl methyl sites for hydroxylation is 1. The number of nitrogens with zero attached hydrogens (tertiary/aromatic N) is 1. The first-order valence-electron chi connectivity index (χ1n) is 6.52. The molecule has 0 spiro atoms. The molecular weight excluding hydrogens is 239 g/mol. The van der Waals surface area contributed by atoms with Crippen LogP contribution in [0.5, 0.6) is 0 Å². The van der Waals surface area contributed by atoms with Crippen molar-refractivity contribution < 1.29 is 4.39 Å². The number of benzene rings is 1. The summed E-state index contributed by atoms with van der Waals surface area (Å²) in [6.45, 7) is 5.03. The molecule has 0 saturated heterocycles. The van der Waals surface area contributed by atoms with Crippen LogP contribution >= 0.6 is 0 Å². The molecule has 1 aromatic heterocycles. The third kappa shape index (κ3) is 4.14. The minimum absolute atomic E-state index is 0.185. The van der Waals surface area contributed by atoms with E-state index in [1.54, 1.807) is 6.20 Å². The lowest BCUT2D eigenvalue weighted by atomic mass is 10.1. The van der Waals surface area contributed by atoms with Crippen LogP contribution in [-0.2, 0) is 13.0 Å². The first-order valence-corrected chi connectivity index (χ1v) is 6.52. The van der Waals surface area contributed by atoms with Crippen molar-refractivity contribution in [3.63, 3.8) is 0 Å². The molecule has 0 aliphatic heterocycles. The summed E-state index contributed by atoms with van der Waals surface area (Å²) in [6, 6.07) is 9.04. The molecule has 0 amide bonds. The molecule has 0 radical (unpaired) electrons. The van der Waals surface area contributed by atoms with Crippen molar-refractivity contribution in [2.75, 3.05) is 0 Å². The molecule has 1 N–H and O–H groups in total. The van der Waals surface area contributed by atoms with Gasteiger partial charge in [-0.3, -0.25) is 4.98 Å². The van der Waals surface area contributed by atoms with E-state index in [0.29, 0.717) is 6.04 Å². The first-order chi connectivity index (χ1) is 9.15. The predicted molar refractivity (Wildman–Crippen MR) is 75.4 cm³/mol. The van der Waals surface area contributed by atoms with E-state index < -0.39 is 0 Å². The summed E-state index contributed by atoms with van der Waals surface area (Å²) in [5.41, 5.74) is 3.61. The fraction of sp³-hybridized carbons (Fsp3) is 0.312. The second-order valence-corrected chi connectivity index (χ2v) is 4.91. The maximum Gasteiger partial charge on any atom is 0.123 e. The Kier molecular flexibility index (Phi) is 4.63. The maximum absolute atomic E-state index is 12.8. The van der Waals surface area contributed by atoms with Gasteiger partial charge in [0.2, 0.25) is 0 Å². The molecule has 0 bridgehead atoms. The minimum Gasteiger partial charge on any atom is -0.310 e. The molecule has 2 rings (SSSR count). The van der Waals surface area contributed by atoms with Gasteiger partial charge in [-0.15, -0.1) is 0 Å². The first kappa shape index (κ1) is 13.7. The summed E-state index contributed by atoms with van der Waals surface area (Å²) in [5.74, 6) is -0.185. The minimum atomic E-state index is -0.185. The Morgan fingerprint density at radius 2 is 1.95 bits per heavy atom. The zero-order valence-corrected chi connectivity index (χ0v) is 11.4. The Hall–Kier alpha value is -1.74. The smallest absolute Gasteiger partial charge is 0.123 e. The van der Waals surface area contributed by atoms with E-state index in [2.05, 4.69) is 24.1 Å². The molecule has 0 saturated carbocycles. The van der Waals surface area contributed by atoms with E-state index in [1.165, 1.54) is 23.3 Å². The summed E-state index contributed by atoms with van der Waals surface area (Å²) >= 11 is 0. The Bertz CT molecular complexity index is 523. The van der Waals surface area contributed by atoms with Gasteiger partial charge in [-0.25, -0.2) is 4.39 Å². The fourth-order valence-corrected chi connectivity index (χ4v) is 2.01. The molecule has 1 aromatic carbocycles. The molecule has 2 nitrogen and oxygen atoms in total. The van der Waals surface area contributed by atoms with Gasteiger partial charge in [-0.1, -0.05) is 12.1 Å². The van der Waals surface area contributed by atoms with Crippen molar-refractivity contribution >= 4 is 0 Å². The highest BCUT2D eigenvalue weighted by Gasteiger charge is 2.05. The van der Waals surface area contributed by atoms with Crippen LogP contribution in [-0.4, -0.2) is 11.0 Å². The number of rotatable bonds is 5. The van der Waals surface area contributed by atoms with Crippen molar-refractivity contribution in [3.8, 4) is 0 Å². The van der Waals surface area contributed by atoms with Gasteiger partial charge in [0.05, 0.1) is 0 Å². The zero-order valence-electron chi connectivity index (χ0n) is 11.4. The van der Waals surface area contributed by atoms with Crippen LogP contribution in [0.1, 0.15) is 23.6 Å². The molecule has 19 heavy (non-hydrogen) atoms. The van der Waals surface area contributed by atoms with Crippen LogP contribution < -0.4 is 5.32 Å². The van der Waals surface area contributed by atoms with E-state index in [9.17, 15) is 4.39 Å². The lowest BCUT2D eigenvalue weighted by molar-refractivity contribution is 0.543. The molecule has 0 aliphatic carbocycles. The van der Waals surface area contributed by atoms with Crippen LogP contribution in [0.25, 0.3) is 0 Å². The predicted octanol–water partition coefficient (Wildman–Crippen LogP) is 3.25. The summed E-state index contributed by atoms with van der Waals surface area (Å²) in [6.07, 6.45) is 4.59. The van der Waals surface area contributed by atoms with Gasteiger partial charge in [-0.05, 0) is 55.2 Å². The topological polar surface area (TPSA) is 24.9 Å². The quantitative estimate of drug-likeness (QED) is 0.890. The molecule has 0 aliphatic rings. The Morgan fingerprint density at radius 3 is 2.63 bits per heavy atom. The Balaban J connectivity index is 1.86. The van der Waals surface area contributed by atoms with Crippen LogP contribution in [0.3, 0.4) is 0 Å². The van der Waals surface area contributed by atoms with Gasteiger partial charge < -0.3 is 5.32 Å². The number of hydrogen-bond acceptors (Lipinski definition) is 2. The highest BCUT2D eigenvalue weighted by atomic mass is 19.1. The Labute approximate surface area is 113 Å². The van der Waals surface area contributed by atoms with E-state index in [-0.39, 0.29) is 5.82 Å². The van der Waals surface area contributed by atoms with E-state index >= 15 is 0 Å². The summed E-state index contributed by atoms with van der Waals surface area (Å²) in [5, 5.41) is 3.47. The van der Waals surface area contributed by atoms with E-state index in [4.69, 9.17) is 0 Å². The number of nitrogens with one attached hydrogen (secondary N) is 1. The number of halogens is 1. The van der Waals surface area contributed by atoms with Gasteiger partial charge in [-0.2, -0.15) is 0 Å². The standard InChI is InChI=1S/C16H19FN2/c1-12-7-8-18-10-15(12)11-19-13(2)9-14-3-5-16(17)6-4-14/h3-8,10,13,19H,9,11H2,1-2H3. The molecule has 100 valence electrons. The second kappa shape index (κ2) is 6.43. The molecular formula is C16H19FN2. The molecule has 1 atom stereocenters. The van der Waals surface area contributed by atoms with E-state index in [1.807, 2.05) is 24.4 Å². The number of hydrogen-bond donors (Lipinski definition) is 1. The van der Waals surface area contributed by atoms with Crippen LogP contribution in [0.2, 0.25) is 0 Å². The highest BCUT2D eigenvalue weighted by Crippen LogP contribution is 2.08. The second-order valence-electron chi connectivity index (χ2n) is 4.91. The molecule has 1 heterocycles. The summed E-state index contributed by atoms with van der Waals surface area (Å²) in [4.78, 5) is 4.14.